The Hall–Kier alpha value is -1.90. The van der Waals surface area contributed by atoms with Crippen LogP contribution < -0.4 is 10.8 Å². The molecule has 0 bridgehead atoms. The molecule has 2 aliphatic rings. The normalized spacial score (nSPS) is 18.9. The first-order chi connectivity index (χ1) is 13.2. The van der Waals surface area contributed by atoms with Gasteiger partial charge in [-0.25, -0.2) is 4.79 Å². The van der Waals surface area contributed by atoms with Crippen molar-refractivity contribution >= 4 is 24.5 Å². The van der Waals surface area contributed by atoms with Gasteiger partial charge in [-0.15, -0.1) is 0 Å². The highest BCUT2D eigenvalue weighted by molar-refractivity contribution is 6.62. The Kier molecular flexibility index (Phi) is 6.12. The Bertz CT molecular complexity index is 759. The third-order valence-electron chi connectivity index (χ3n) is 5.72. The summed E-state index contributed by atoms with van der Waals surface area (Å²) in [5, 5.41) is 23.1. The molecule has 0 spiro atoms. The first-order valence-electron chi connectivity index (χ1n) is 9.84. The largest absolute Gasteiger partial charge is 0.492 e. The van der Waals surface area contributed by atoms with Crippen molar-refractivity contribution in [1.29, 1.82) is 0 Å². The van der Waals surface area contributed by atoms with E-state index >= 15 is 0 Å². The molecule has 1 heterocycles. The topological polar surface area (TPSA) is 105 Å². The lowest BCUT2D eigenvalue weighted by molar-refractivity contribution is -0.154. The minimum Gasteiger partial charge on any atom is -0.461 e. The van der Waals surface area contributed by atoms with Gasteiger partial charge in [-0.2, -0.15) is 0 Å². The molecular weight excluding hydrogens is 361 g/mol. The number of fused-ring (bicyclic) bond motifs is 1. The number of amides is 1. The maximum Gasteiger partial charge on any atom is 0.492 e. The second kappa shape index (κ2) is 8.23. The second-order valence-electron chi connectivity index (χ2n) is 8.21. The van der Waals surface area contributed by atoms with Crippen LogP contribution in [0.1, 0.15) is 61.0 Å². The molecule has 1 aliphatic carbocycles. The maximum absolute atomic E-state index is 12.8. The van der Waals surface area contributed by atoms with Crippen LogP contribution in [0.3, 0.4) is 0 Å². The molecule has 0 aromatic heterocycles. The second-order valence-corrected chi connectivity index (χ2v) is 8.21. The maximum atomic E-state index is 12.8. The molecule has 1 atom stereocenters. The highest BCUT2D eigenvalue weighted by Gasteiger charge is 2.35. The Morgan fingerprint density at radius 3 is 2.64 bits per heavy atom. The van der Waals surface area contributed by atoms with Crippen molar-refractivity contribution in [1.82, 2.24) is 5.32 Å². The van der Waals surface area contributed by atoms with Gasteiger partial charge in [0, 0.05) is 5.56 Å². The fourth-order valence-corrected chi connectivity index (χ4v) is 3.94. The molecule has 28 heavy (non-hydrogen) atoms. The summed E-state index contributed by atoms with van der Waals surface area (Å²) in [6, 6.07) is 2.60. The number of carbonyl (C=O) groups is 2. The molecule has 0 saturated heterocycles. The van der Waals surface area contributed by atoms with E-state index in [-0.39, 0.29) is 12.5 Å². The average molecular weight is 389 g/mol. The van der Waals surface area contributed by atoms with E-state index in [2.05, 4.69) is 5.32 Å². The highest BCUT2D eigenvalue weighted by Crippen LogP contribution is 2.29. The predicted octanol–water partition coefficient (Wildman–Crippen LogP) is 0.815. The number of benzene rings is 1. The number of aliphatic hydroxyl groups is 1. The van der Waals surface area contributed by atoms with E-state index in [0.29, 0.717) is 36.0 Å². The van der Waals surface area contributed by atoms with Crippen LogP contribution in [-0.2, 0) is 20.8 Å². The summed E-state index contributed by atoms with van der Waals surface area (Å²) >= 11 is 0. The Morgan fingerprint density at radius 1 is 1.32 bits per heavy atom. The quantitative estimate of drug-likeness (QED) is 0.492. The number of hydrogen-bond donors (Lipinski definition) is 3. The zero-order valence-electron chi connectivity index (χ0n) is 16.7. The SMILES string of the molecule is Cc1c(C(=O)N[C@H](C(=O)OCC2(O)CCCC2)C(C)C)ccc2c1B(O)OC2. The van der Waals surface area contributed by atoms with E-state index in [4.69, 9.17) is 9.39 Å². The van der Waals surface area contributed by atoms with Gasteiger partial charge in [0.15, 0.2) is 0 Å². The van der Waals surface area contributed by atoms with Crippen molar-refractivity contribution < 1.29 is 29.1 Å². The van der Waals surface area contributed by atoms with Crippen LogP contribution in [0, 0.1) is 12.8 Å². The Balaban J connectivity index is 1.69. The fraction of sp³-hybridized carbons (Fsp3) is 0.600. The molecule has 0 unspecified atom stereocenters. The zero-order valence-corrected chi connectivity index (χ0v) is 16.7. The first-order valence-corrected chi connectivity index (χ1v) is 9.84. The summed E-state index contributed by atoms with van der Waals surface area (Å²) in [5.41, 5.74) is 1.53. The van der Waals surface area contributed by atoms with E-state index < -0.39 is 30.6 Å². The standard InChI is InChI=1S/C20H28BNO6/c1-12(2)17(19(24)27-11-20(25)8-4-5-9-20)22-18(23)15-7-6-14-10-28-21(26)16(14)13(15)3/h6-7,12,17,25-26H,4-5,8-11H2,1-3H3,(H,22,23)/t17-/m0/s1. The van der Waals surface area contributed by atoms with Crippen LogP contribution in [0.5, 0.6) is 0 Å². The Morgan fingerprint density at radius 2 is 2.00 bits per heavy atom. The van der Waals surface area contributed by atoms with Gasteiger partial charge >= 0.3 is 13.1 Å². The van der Waals surface area contributed by atoms with Gasteiger partial charge in [0.25, 0.3) is 5.91 Å². The summed E-state index contributed by atoms with van der Waals surface area (Å²) in [6.07, 6.45) is 3.09. The number of esters is 1. The van der Waals surface area contributed by atoms with Gasteiger partial charge < -0.3 is 24.8 Å². The molecule has 0 radical (unpaired) electrons. The molecule has 3 rings (SSSR count). The van der Waals surface area contributed by atoms with Crippen LogP contribution in [0.15, 0.2) is 12.1 Å². The Labute approximate surface area is 165 Å². The summed E-state index contributed by atoms with van der Waals surface area (Å²) < 4.78 is 10.6. The summed E-state index contributed by atoms with van der Waals surface area (Å²) in [4.78, 5) is 25.4. The van der Waals surface area contributed by atoms with Gasteiger partial charge in [0.05, 0.1) is 12.2 Å². The molecular formula is C20H28BNO6. The van der Waals surface area contributed by atoms with E-state index in [1.165, 1.54) is 0 Å². The lowest BCUT2D eigenvalue weighted by atomic mass is 9.75. The zero-order chi connectivity index (χ0) is 20.5. The summed E-state index contributed by atoms with van der Waals surface area (Å²) in [5.74, 6) is -1.14. The van der Waals surface area contributed by atoms with Gasteiger partial charge in [0.2, 0.25) is 0 Å². The van der Waals surface area contributed by atoms with Gasteiger partial charge in [-0.3, -0.25) is 4.79 Å². The molecule has 1 aromatic carbocycles. The molecule has 1 aliphatic heterocycles. The van der Waals surface area contributed by atoms with Crippen molar-refractivity contribution in [2.24, 2.45) is 5.92 Å². The van der Waals surface area contributed by atoms with Crippen molar-refractivity contribution in [3.63, 3.8) is 0 Å². The summed E-state index contributed by atoms with van der Waals surface area (Å²) in [7, 11) is -1.04. The van der Waals surface area contributed by atoms with E-state index in [1.54, 1.807) is 19.1 Å². The third-order valence-corrected chi connectivity index (χ3v) is 5.72. The lowest BCUT2D eigenvalue weighted by Crippen LogP contribution is -2.47. The van der Waals surface area contributed by atoms with Crippen molar-refractivity contribution in [3.05, 3.63) is 28.8 Å². The van der Waals surface area contributed by atoms with Crippen LogP contribution in [0.2, 0.25) is 0 Å². The molecule has 3 N–H and O–H groups in total. The molecule has 1 amide bonds. The van der Waals surface area contributed by atoms with E-state index in [1.807, 2.05) is 13.8 Å². The number of carbonyl (C=O) groups excluding carboxylic acids is 2. The highest BCUT2D eigenvalue weighted by atomic mass is 16.5. The molecule has 1 saturated carbocycles. The van der Waals surface area contributed by atoms with Gasteiger partial charge in [0.1, 0.15) is 12.6 Å². The van der Waals surface area contributed by atoms with Crippen molar-refractivity contribution in [2.45, 2.75) is 64.7 Å². The van der Waals surface area contributed by atoms with Crippen LogP contribution in [0.4, 0.5) is 0 Å². The van der Waals surface area contributed by atoms with Crippen LogP contribution in [0.25, 0.3) is 0 Å². The minimum atomic E-state index is -1.04. The van der Waals surface area contributed by atoms with Crippen LogP contribution >= 0.6 is 0 Å². The van der Waals surface area contributed by atoms with E-state index in [9.17, 15) is 19.7 Å². The van der Waals surface area contributed by atoms with Crippen molar-refractivity contribution in [3.8, 4) is 0 Å². The number of hydrogen-bond acceptors (Lipinski definition) is 6. The van der Waals surface area contributed by atoms with Gasteiger partial charge in [-0.1, -0.05) is 32.8 Å². The third kappa shape index (κ3) is 4.24. The lowest BCUT2D eigenvalue weighted by Gasteiger charge is -2.25. The molecule has 152 valence electrons. The smallest absolute Gasteiger partial charge is 0.461 e. The van der Waals surface area contributed by atoms with Gasteiger partial charge in [-0.05, 0) is 48.3 Å². The van der Waals surface area contributed by atoms with Crippen molar-refractivity contribution in [2.75, 3.05) is 6.61 Å². The summed E-state index contributed by atoms with van der Waals surface area (Å²) in [6.45, 7) is 5.66. The minimum absolute atomic E-state index is 0.0493. The number of nitrogens with one attached hydrogen (secondary N) is 1. The molecule has 1 aromatic rings. The first kappa shape index (κ1) is 20.8. The molecule has 8 heteroatoms. The average Bonchev–Trinajstić information content (AvgIpc) is 3.24. The van der Waals surface area contributed by atoms with Crippen LogP contribution in [-0.4, -0.2) is 47.4 Å². The monoisotopic (exact) mass is 389 g/mol. The predicted molar refractivity (Wildman–Crippen MR) is 104 cm³/mol. The molecule has 7 nitrogen and oxygen atoms in total. The number of ether oxygens (including phenoxy) is 1. The number of rotatable bonds is 6. The van der Waals surface area contributed by atoms with E-state index in [0.717, 1.165) is 18.4 Å². The fourth-order valence-electron chi connectivity index (χ4n) is 3.94. The molecule has 1 fully saturated rings.